The second-order valence-corrected chi connectivity index (χ2v) is 11.6. The fourth-order valence-corrected chi connectivity index (χ4v) is 3.23. The number of rotatable bonds is 16. The molecule has 0 aliphatic carbocycles. The van der Waals surface area contributed by atoms with E-state index in [0.29, 0.717) is 52.4 Å². The molecule has 14 heteroatoms. The Bertz CT molecular complexity index is 896. The summed E-state index contributed by atoms with van der Waals surface area (Å²) in [6.45, 7) is 17.7. The maximum atomic E-state index is 11.7. The van der Waals surface area contributed by atoms with Gasteiger partial charge in [0.2, 0.25) is 23.6 Å². The predicted octanol–water partition coefficient (Wildman–Crippen LogP) is 1.58. The number of nitrogens with one attached hydrogen (secondary N) is 4. The van der Waals surface area contributed by atoms with Crippen LogP contribution >= 0.6 is 15.9 Å². The fraction of sp³-hybridized carbons (Fsp3) is 0.724. The van der Waals surface area contributed by atoms with E-state index in [0.717, 1.165) is 4.90 Å². The molecule has 1 heterocycles. The molecule has 43 heavy (non-hydrogen) atoms. The van der Waals surface area contributed by atoms with Crippen molar-refractivity contribution in [3.05, 3.63) is 12.2 Å². The van der Waals surface area contributed by atoms with Gasteiger partial charge < -0.3 is 30.7 Å². The number of nitrogens with zero attached hydrogens (tertiary/aromatic N) is 1. The number of amides is 6. The number of hydrogen-bond acceptors (Lipinski definition) is 8. The van der Waals surface area contributed by atoms with Crippen LogP contribution in [0.2, 0.25) is 0 Å². The molecule has 13 nitrogen and oxygen atoms in total. The van der Waals surface area contributed by atoms with Crippen LogP contribution in [0.25, 0.3) is 0 Å². The molecule has 1 rings (SSSR count). The molecule has 0 aromatic rings. The van der Waals surface area contributed by atoms with Crippen LogP contribution in [0.15, 0.2) is 12.2 Å². The van der Waals surface area contributed by atoms with Crippen molar-refractivity contribution in [2.24, 2.45) is 0 Å². The minimum atomic E-state index is -0.396. The first-order valence-corrected chi connectivity index (χ1v) is 15.6. The van der Waals surface area contributed by atoms with Crippen molar-refractivity contribution in [1.29, 1.82) is 0 Å². The molecule has 0 aromatic heterocycles. The number of alkyl halides is 1. The SMILES string of the molecule is CC.CC(C)(C)NC(=O)CCNC(=O)CBr.CC(C)(C)NC(=O)CCOCCOCCNC(=O)CCN1C(=O)C=CC1=O. The summed E-state index contributed by atoms with van der Waals surface area (Å²) in [7, 11) is 0. The smallest absolute Gasteiger partial charge is 0.253 e. The summed E-state index contributed by atoms with van der Waals surface area (Å²) in [5, 5.41) is 11.2. The standard InChI is InChI=1S/C18H29N3O6.C9H17BrN2O2.C2H6/c1-18(2,3)20-15(23)7-10-26-12-13-27-11-8-19-14(22)6-9-21-16(24)4-5-17(21)25;1-9(2,3)12-7(13)4-5-11-8(14)6-10;1-2/h4-5H,6-13H2,1-3H3,(H,19,22)(H,20,23);4-6H2,1-3H3,(H,11,14)(H,12,13);1-2H3. The highest BCUT2D eigenvalue weighted by Crippen LogP contribution is 2.04. The first kappa shape index (κ1) is 42.3. The molecule has 0 saturated carbocycles. The van der Waals surface area contributed by atoms with Crippen molar-refractivity contribution in [3.8, 4) is 0 Å². The maximum absolute atomic E-state index is 11.7. The van der Waals surface area contributed by atoms with Crippen LogP contribution in [0.3, 0.4) is 0 Å². The van der Waals surface area contributed by atoms with Crippen molar-refractivity contribution < 1.29 is 38.2 Å². The van der Waals surface area contributed by atoms with Crippen molar-refractivity contribution in [1.82, 2.24) is 26.2 Å². The molecule has 248 valence electrons. The number of halogens is 1. The number of carbonyl (C=O) groups is 6. The van der Waals surface area contributed by atoms with Crippen LogP contribution in [0, 0.1) is 0 Å². The Labute approximate surface area is 264 Å². The van der Waals surface area contributed by atoms with E-state index in [1.54, 1.807) is 0 Å². The van der Waals surface area contributed by atoms with E-state index in [1.165, 1.54) is 12.2 Å². The van der Waals surface area contributed by atoms with Crippen LogP contribution in [0.1, 0.15) is 74.7 Å². The van der Waals surface area contributed by atoms with E-state index in [4.69, 9.17) is 9.47 Å². The van der Waals surface area contributed by atoms with E-state index in [9.17, 15) is 28.8 Å². The second kappa shape index (κ2) is 23.6. The summed E-state index contributed by atoms with van der Waals surface area (Å²) in [5.74, 6) is -1.26. The van der Waals surface area contributed by atoms with E-state index in [-0.39, 0.29) is 53.0 Å². The minimum Gasteiger partial charge on any atom is -0.379 e. The zero-order chi connectivity index (χ0) is 33.5. The van der Waals surface area contributed by atoms with Crippen molar-refractivity contribution in [2.45, 2.75) is 85.7 Å². The number of hydrogen-bond donors (Lipinski definition) is 4. The number of carbonyl (C=O) groups excluding carboxylic acids is 6. The molecule has 1 aliphatic rings. The first-order valence-electron chi connectivity index (χ1n) is 14.4. The zero-order valence-electron chi connectivity index (χ0n) is 27.0. The molecule has 0 radical (unpaired) electrons. The average Bonchev–Trinajstić information content (AvgIpc) is 3.22. The van der Waals surface area contributed by atoms with Gasteiger partial charge in [0, 0.05) is 62.1 Å². The Morgan fingerprint density at radius 1 is 0.674 bits per heavy atom. The first-order chi connectivity index (χ1) is 20.0. The van der Waals surface area contributed by atoms with Crippen molar-refractivity contribution in [2.75, 3.05) is 51.4 Å². The molecule has 0 unspecified atom stereocenters. The lowest BCUT2D eigenvalue weighted by molar-refractivity contribution is -0.137. The fourth-order valence-electron chi connectivity index (χ4n) is 3.03. The maximum Gasteiger partial charge on any atom is 0.253 e. The average molecular weight is 679 g/mol. The van der Waals surface area contributed by atoms with E-state index in [1.807, 2.05) is 55.4 Å². The summed E-state index contributed by atoms with van der Waals surface area (Å²) in [6, 6.07) is 0. The summed E-state index contributed by atoms with van der Waals surface area (Å²) < 4.78 is 10.6. The molecule has 4 N–H and O–H groups in total. The van der Waals surface area contributed by atoms with Gasteiger partial charge in [0.1, 0.15) is 0 Å². The zero-order valence-corrected chi connectivity index (χ0v) is 28.6. The van der Waals surface area contributed by atoms with Crippen LogP contribution in [-0.2, 0) is 38.2 Å². The van der Waals surface area contributed by atoms with E-state index >= 15 is 0 Å². The number of imide groups is 1. The predicted molar refractivity (Wildman–Crippen MR) is 168 cm³/mol. The Kier molecular flexibility index (Phi) is 23.2. The van der Waals surface area contributed by atoms with Gasteiger partial charge in [-0.1, -0.05) is 29.8 Å². The summed E-state index contributed by atoms with van der Waals surface area (Å²) in [4.78, 5) is 69.0. The van der Waals surface area contributed by atoms with Gasteiger partial charge in [-0.25, -0.2) is 0 Å². The Morgan fingerprint density at radius 2 is 1.14 bits per heavy atom. The van der Waals surface area contributed by atoms with E-state index in [2.05, 4.69) is 37.2 Å². The molecule has 0 fully saturated rings. The molecule has 0 bridgehead atoms. The second-order valence-electron chi connectivity index (χ2n) is 11.1. The highest BCUT2D eigenvalue weighted by molar-refractivity contribution is 9.09. The van der Waals surface area contributed by atoms with Crippen LogP contribution in [-0.4, -0.2) is 103 Å². The van der Waals surface area contributed by atoms with Gasteiger partial charge in [0.25, 0.3) is 11.8 Å². The van der Waals surface area contributed by atoms with E-state index < -0.39 is 11.8 Å². The Balaban J connectivity index is 0. The van der Waals surface area contributed by atoms with Gasteiger partial charge in [0.05, 0.1) is 31.8 Å². The van der Waals surface area contributed by atoms with Crippen LogP contribution in [0.4, 0.5) is 0 Å². The highest BCUT2D eigenvalue weighted by atomic mass is 79.9. The van der Waals surface area contributed by atoms with Gasteiger partial charge in [-0.3, -0.25) is 33.7 Å². The summed E-state index contributed by atoms with van der Waals surface area (Å²) in [5.41, 5.74) is -0.461. The molecule has 0 saturated heterocycles. The van der Waals surface area contributed by atoms with Crippen LogP contribution < -0.4 is 21.3 Å². The molecular weight excluding hydrogens is 626 g/mol. The van der Waals surface area contributed by atoms with Crippen LogP contribution in [0.5, 0.6) is 0 Å². The molecule has 0 spiro atoms. The molecule has 1 aliphatic heterocycles. The molecular formula is C29H52BrN5O8. The van der Waals surface area contributed by atoms with Gasteiger partial charge in [-0.05, 0) is 41.5 Å². The lowest BCUT2D eigenvalue weighted by atomic mass is 10.1. The third-order valence-electron chi connectivity index (χ3n) is 4.70. The normalized spacial score (nSPS) is 12.4. The minimum absolute atomic E-state index is 0.0487. The highest BCUT2D eigenvalue weighted by Gasteiger charge is 2.23. The quantitative estimate of drug-likeness (QED) is 0.108. The van der Waals surface area contributed by atoms with Gasteiger partial charge in [0.15, 0.2) is 0 Å². The van der Waals surface area contributed by atoms with Gasteiger partial charge in [-0.2, -0.15) is 0 Å². The largest absolute Gasteiger partial charge is 0.379 e. The van der Waals surface area contributed by atoms with Gasteiger partial charge in [-0.15, -0.1) is 0 Å². The van der Waals surface area contributed by atoms with Crippen molar-refractivity contribution in [3.63, 3.8) is 0 Å². The third-order valence-corrected chi connectivity index (χ3v) is 5.21. The number of ether oxygens (including phenoxy) is 2. The third kappa shape index (κ3) is 26.5. The lowest BCUT2D eigenvalue weighted by Crippen LogP contribution is -2.42. The van der Waals surface area contributed by atoms with Gasteiger partial charge >= 0.3 is 0 Å². The Morgan fingerprint density at radius 3 is 1.63 bits per heavy atom. The molecule has 6 amide bonds. The monoisotopic (exact) mass is 677 g/mol. The van der Waals surface area contributed by atoms with Crippen molar-refractivity contribution >= 4 is 51.4 Å². The lowest BCUT2D eigenvalue weighted by Gasteiger charge is -2.20. The summed E-state index contributed by atoms with van der Waals surface area (Å²) in [6.07, 6.45) is 3.04. The molecule has 0 atom stereocenters. The Hall–Kier alpha value is -2.84. The summed E-state index contributed by atoms with van der Waals surface area (Å²) >= 11 is 3.02. The molecule has 0 aromatic carbocycles. The topological polar surface area (TPSA) is 172 Å².